The molecule has 1 atom stereocenters. The molecule has 29 heavy (non-hydrogen) atoms. The first-order chi connectivity index (χ1) is 14.0. The number of halogens is 2. The van der Waals surface area contributed by atoms with Crippen LogP contribution in [0.3, 0.4) is 0 Å². The molecule has 0 saturated carbocycles. The zero-order valence-corrected chi connectivity index (χ0v) is 17.0. The molecular weight excluding hydrogens is 399 g/mol. The van der Waals surface area contributed by atoms with Crippen molar-refractivity contribution < 1.29 is 13.9 Å². The van der Waals surface area contributed by atoms with E-state index in [1.807, 2.05) is 0 Å². The molecule has 2 aromatic rings. The van der Waals surface area contributed by atoms with Crippen LogP contribution in [0.15, 0.2) is 35.1 Å². The quantitative estimate of drug-likeness (QED) is 0.706. The van der Waals surface area contributed by atoms with Crippen molar-refractivity contribution in [2.24, 2.45) is 0 Å². The van der Waals surface area contributed by atoms with Gasteiger partial charge >= 0.3 is 0 Å². The topological polar surface area (TPSA) is 76.5 Å². The number of rotatable bonds is 8. The Kier molecular flexibility index (Phi) is 7.35. The number of methoxy groups -OCH3 is 1. The molecule has 1 amide bonds. The van der Waals surface area contributed by atoms with Crippen molar-refractivity contribution in [3.05, 3.63) is 62.8 Å². The Bertz CT molecular complexity index is 895. The van der Waals surface area contributed by atoms with E-state index in [1.54, 1.807) is 12.1 Å². The number of ether oxygens (including phenoxy) is 1. The Morgan fingerprint density at radius 2 is 2.07 bits per heavy atom. The fourth-order valence-corrected chi connectivity index (χ4v) is 3.77. The molecule has 1 unspecified atom stereocenters. The number of nitrogens with zero attached hydrogens (tertiary/aromatic N) is 3. The van der Waals surface area contributed by atoms with Crippen molar-refractivity contribution in [1.82, 2.24) is 20.0 Å². The van der Waals surface area contributed by atoms with Crippen molar-refractivity contribution in [2.45, 2.75) is 25.4 Å². The maximum Gasteiger partial charge on any atom is 0.271 e. The molecular formula is C20H24ClFN4O3. The fourth-order valence-electron chi connectivity index (χ4n) is 3.48. The molecule has 7 nitrogen and oxygen atoms in total. The Morgan fingerprint density at radius 1 is 1.31 bits per heavy atom. The number of amides is 1. The molecule has 0 bridgehead atoms. The van der Waals surface area contributed by atoms with Gasteiger partial charge in [-0.15, -0.1) is 0 Å². The number of carbonyl (C=O) groups excluding carboxylic acids is 1. The van der Waals surface area contributed by atoms with E-state index in [2.05, 4.69) is 15.3 Å². The number of aromatic nitrogens is 2. The summed E-state index contributed by atoms with van der Waals surface area (Å²) in [5, 5.41) is 7.24. The van der Waals surface area contributed by atoms with Crippen molar-refractivity contribution in [3.63, 3.8) is 0 Å². The maximum atomic E-state index is 14.5. The van der Waals surface area contributed by atoms with Crippen molar-refractivity contribution in [2.75, 3.05) is 33.4 Å². The molecule has 0 aliphatic carbocycles. The van der Waals surface area contributed by atoms with Gasteiger partial charge in [0.05, 0.1) is 19.2 Å². The molecule has 9 heteroatoms. The molecule has 1 N–H and O–H groups in total. The fraction of sp³-hybridized carbons (Fsp3) is 0.450. The van der Waals surface area contributed by atoms with E-state index < -0.39 is 11.7 Å². The van der Waals surface area contributed by atoms with Crippen LogP contribution in [-0.2, 0) is 11.3 Å². The molecule has 2 heterocycles. The summed E-state index contributed by atoms with van der Waals surface area (Å²) in [6, 6.07) is 6.88. The number of benzene rings is 1. The van der Waals surface area contributed by atoms with E-state index in [0.29, 0.717) is 17.2 Å². The van der Waals surface area contributed by atoms with Gasteiger partial charge in [0.1, 0.15) is 11.5 Å². The van der Waals surface area contributed by atoms with Gasteiger partial charge in [-0.3, -0.25) is 14.5 Å². The first kappa shape index (κ1) is 21.4. The Balaban J connectivity index is 1.77. The summed E-state index contributed by atoms with van der Waals surface area (Å²) >= 11 is 6.28. The van der Waals surface area contributed by atoms with E-state index >= 15 is 0 Å². The molecule has 1 aliphatic rings. The van der Waals surface area contributed by atoms with Crippen LogP contribution in [0.25, 0.3) is 0 Å². The predicted octanol–water partition coefficient (Wildman–Crippen LogP) is 2.25. The van der Waals surface area contributed by atoms with Crippen LogP contribution in [0.5, 0.6) is 0 Å². The average Bonchev–Trinajstić information content (AvgIpc) is 3.23. The molecule has 156 valence electrons. The van der Waals surface area contributed by atoms with Crippen molar-refractivity contribution in [1.29, 1.82) is 0 Å². The predicted molar refractivity (Wildman–Crippen MR) is 108 cm³/mol. The summed E-state index contributed by atoms with van der Waals surface area (Å²) in [6.07, 6.45) is 2.03. The van der Waals surface area contributed by atoms with Gasteiger partial charge < -0.3 is 10.1 Å². The lowest BCUT2D eigenvalue weighted by Crippen LogP contribution is -2.38. The van der Waals surface area contributed by atoms with Gasteiger partial charge in [0.2, 0.25) is 0 Å². The molecule has 1 aromatic heterocycles. The Hall–Kier alpha value is -2.29. The van der Waals surface area contributed by atoms with Crippen LogP contribution in [0, 0.1) is 5.82 Å². The van der Waals surface area contributed by atoms with Crippen LogP contribution in [0.1, 0.15) is 34.9 Å². The van der Waals surface area contributed by atoms with Gasteiger partial charge in [0.15, 0.2) is 0 Å². The van der Waals surface area contributed by atoms with E-state index in [9.17, 15) is 14.0 Å². The lowest BCUT2D eigenvalue weighted by atomic mass is 10.0. The second-order valence-corrected chi connectivity index (χ2v) is 7.28. The smallest absolute Gasteiger partial charge is 0.271 e. The monoisotopic (exact) mass is 422 g/mol. The van der Waals surface area contributed by atoms with Crippen LogP contribution in [-0.4, -0.2) is 53.9 Å². The zero-order chi connectivity index (χ0) is 20.8. The van der Waals surface area contributed by atoms with Crippen LogP contribution < -0.4 is 10.9 Å². The summed E-state index contributed by atoms with van der Waals surface area (Å²) in [6.45, 7) is 2.35. The molecule has 1 saturated heterocycles. The van der Waals surface area contributed by atoms with E-state index in [-0.39, 0.29) is 30.4 Å². The van der Waals surface area contributed by atoms with Gasteiger partial charge in [-0.25, -0.2) is 9.07 Å². The second-order valence-electron chi connectivity index (χ2n) is 6.88. The molecule has 0 spiro atoms. The molecule has 1 aromatic carbocycles. The number of likely N-dealkylation sites (tertiary alicyclic amines) is 1. The van der Waals surface area contributed by atoms with Crippen molar-refractivity contribution >= 4 is 17.5 Å². The standard InChI is InChI=1S/C20H24ClFN4O3/c1-29-12-11-26-18(27)8-7-16(24-26)20(28)23-13-17(25-9-2-3-10-25)19-14(21)5-4-6-15(19)22/h4-8,17H,2-3,9-13H2,1H3,(H,23,28). The minimum Gasteiger partial charge on any atom is -0.383 e. The van der Waals surface area contributed by atoms with Gasteiger partial charge in [0, 0.05) is 30.3 Å². The second kappa shape index (κ2) is 9.96. The highest BCUT2D eigenvalue weighted by atomic mass is 35.5. The van der Waals surface area contributed by atoms with Gasteiger partial charge in [-0.05, 0) is 44.1 Å². The Morgan fingerprint density at radius 3 is 2.76 bits per heavy atom. The lowest BCUT2D eigenvalue weighted by Gasteiger charge is -2.29. The SMILES string of the molecule is COCCn1nc(C(=O)NCC(c2c(F)cccc2Cl)N2CCCC2)ccc1=O. The first-order valence-electron chi connectivity index (χ1n) is 9.54. The highest BCUT2D eigenvalue weighted by Gasteiger charge is 2.28. The van der Waals surface area contributed by atoms with Crippen LogP contribution >= 0.6 is 11.6 Å². The molecule has 0 radical (unpaired) electrons. The van der Waals surface area contributed by atoms with Gasteiger partial charge in [-0.1, -0.05) is 17.7 Å². The third-order valence-corrected chi connectivity index (χ3v) is 5.31. The normalized spacial score (nSPS) is 15.4. The first-order valence-corrected chi connectivity index (χ1v) is 9.92. The number of nitrogens with one attached hydrogen (secondary N) is 1. The number of hydrogen-bond donors (Lipinski definition) is 1. The number of carbonyl (C=O) groups is 1. The van der Waals surface area contributed by atoms with Crippen LogP contribution in [0.4, 0.5) is 4.39 Å². The van der Waals surface area contributed by atoms with Crippen LogP contribution in [0.2, 0.25) is 5.02 Å². The third-order valence-electron chi connectivity index (χ3n) is 4.98. The zero-order valence-electron chi connectivity index (χ0n) is 16.2. The lowest BCUT2D eigenvalue weighted by molar-refractivity contribution is 0.0928. The largest absolute Gasteiger partial charge is 0.383 e. The van der Waals surface area contributed by atoms with Gasteiger partial charge in [-0.2, -0.15) is 5.10 Å². The highest BCUT2D eigenvalue weighted by Crippen LogP contribution is 2.31. The summed E-state index contributed by atoms with van der Waals surface area (Å²) in [5.74, 6) is -0.831. The summed E-state index contributed by atoms with van der Waals surface area (Å²) < 4.78 is 20.7. The maximum absolute atomic E-state index is 14.5. The molecule has 3 rings (SSSR count). The Labute approximate surface area is 173 Å². The highest BCUT2D eigenvalue weighted by molar-refractivity contribution is 6.31. The summed E-state index contributed by atoms with van der Waals surface area (Å²) in [5.41, 5.74) is 0.182. The minimum atomic E-state index is -0.437. The van der Waals surface area contributed by atoms with E-state index in [1.165, 1.54) is 30.0 Å². The van der Waals surface area contributed by atoms with Crippen molar-refractivity contribution in [3.8, 4) is 0 Å². The van der Waals surface area contributed by atoms with Gasteiger partial charge in [0.25, 0.3) is 11.5 Å². The molecule has 1 aliphatic heterocycles. The van der Waals surface area contributed by atoms with E-state index in [0.717, 1.165) is 25.9 Å². The third kappa shape index (κ3) is 5.20. The minimum absolute atomic E-state index is 0.112. The summed E-state index contributed by atoms with van der Waals surface area (Å²) in [7, 11) is 1.52. The number of hydrogen-bond acceptors (Lipinski definition) is 5. The average molecular weight is 423 g/mol. The molecule has 1 fully saturated rings. The van der Waals surface area contributed by atoms with E-state index in [4.69, 9.17) is 16.3 Å². The summed E-state index contributed by atoms with van der Waals surface area (Å²) in [4.78, 5) is 26.6.